The lowest BCUT2D eigenvalue weighted by Gasteiger charge is -2.36. The molecule has 1 heterocycles. The van der Waals surface area contributed by atoms with Crippen LogP contribution < -0.4 is 0 Å². The summed E-state index contributed by atoms with van der Waals surface area (Å²) in [5.74, 6) is 0. The summed E-state index contributed by atoms with van der Waals surface area (Å²) in [5, 5.41) is 0.747. The van der Waals surface area contributed by atoms with Crippen molar-refractivity contribution >= 4 is 17.7 Å². The molecule has 104 valence electrons. The molecule has 0 saturated heterocycles. The highest BCUT2D eigenvalue weighted by atomic mass is 35.5. The number of halogens is 1. The van der Waals surface area contributed by atoms with Gasteiger partial charge in [0.15, 0.2) is 0 Å². The van der Waals surface area contributed by atoms with Gasteiger partial charge in [-0.05, 0) is 57.4 Å². The first-order valence-corrected chi connectivity index (χ1v) is 6.93. The molecule has 1 aromatic carbocycles. The topological polar surface area (TPSA) is 29.5 Å². The van der Waals surface area contributed by atoms with Gasteiger partial charge < -0.3 is 9.64 Å². The summed E-state index contributed by atoms with van der Waals surface area (Å²) >= 11 is 6.01. The van der Waals surface area contributed by atoms with Gasteiger partial charge in [-0.1, -0.05) is 17.7 Å². The first kappa shape index (κ1) is 14.2. The third kappa shape index (κ3) is 3.21. The van der Waals surface area contributed by atoms with Crippen LogP contribution in [0.3, 0.4) is 0 Å². The Morgan fingerprint density at radius 3 is 2.74 bits per heavy atom. The number of fused-ring (bicyclic) bond motifs is 1. The van der Waals surface area contributed by atoms with Crippen molar-refractivity contribution in [2.75, 3.05) is 6.54 Å². The predicted octanol–water partition coefficient (Wildman–Crippen LogP) is 4.19. The molecule has 4 heteroatoms. The summed E-state index contributed by atoms with van der Waals surface area (Å²) in [4.78, 5) is 14.0. The Balaban J connectivity index is 2.19. The van der Waals surface area contributed by atoms with E-state index in [2.05, 4.69) is 0 Å². The quantitative estimate of drug-likeness (QED) is 0.713. The minimum atomic E-state index is -0.461. The molecule has 1 atom stereocenters. The second-order valence-electron chi connectivity index (χ2n) is 5.94. The minimum Gasteiger partial charge on any atom is -0.444 e. The van der Waals surface area contributed by atoms with Crippen LogP contribution in [0, 0.1) is 0 Å². The molecular formula is C15H20ClNO2. The fourth-order valence-corrected chi connectivity index (χ4v) is 2.57. The SMILES string of the molecule is CC1c2ccc(Cl)cc2CCN1C(=O)OC(C)(C)C. The van der Waals surface area contributed by atoms with Crippen LogP contribution in [-0.4, -0.2) is 23.1 Å². The number of rotatable bonds is 0. The zero-order valence-electron chi connectivity index (χ0n) is 11.9. The third-order valence-electron chi connectivity index (χ3n) is 3.27. The van der Waals surface area contributed by atoms with Gasteiger partial charge in [-0.2, -0.15) is 0 Å². The molecule has 0 aromatic heterocycles. The van der Waals surface area contributed by atoms with Crippen molar-refractivity contribution in [3.05, 3.63) is 34.3 Å². The van der Waals surface area contributed by atoms with Gasteiger partial charge >= 0.3 is 6.09 Å². The number of carbonyl (C=O) groups is 1. The van der Waals surface area contributed by atoms with Crippen LogP contribution in [0.25, 0.3) is 0 Å². The summed E-state index contributed by atoms with van der Waals surface area (Å²) in [5.41, 5.74) is 1.91. The van der Waals surface area contributed by atoms with Crippen LogP contribution in [0.15, 0.2) is 18.2 Å². The van der Waals surface area contributed by atoms with Crippen LogP contribution in [0.2, 0.25) is 5.02 Å². The average Bonchev–Trinajstić information content (AvgIpc) is 2.26. The molecule has 1 aromatic rings. The molecular weight excluding hydrogens is 262 g/mol. The molecule has 0 spiro atoms. The van der Waals surface area contributed by atoms with Crippen molar-refractivity contribution in [2.45, 2.75) is 45.8 Å². The Morgan fingerprint density at radius 1 is 1.42 bits per heavy atom. The molecule has 0 N–H and O–H groups in total. The predicted molar refractivity (Wildman–Crippen MR) is 76.5 cm³/mol. The summed E-state index contributed by atoms with van der Waals surface area (Å²) < 4.78 is 5.45. The summed E-state index contributed by atoms with van der Waals surface area (Å²) in [6.07, 6.45) is 0.569. The molecule has 3 nitrogen and oxygen atoms in total. The molecule has 1 aliphatic rings. The van der Waals surface area contributed by atoms with Crippen molar-refractivity contribution in [3.63, 3.8) is 0 Å². The lowest BCUT2D eigenvalue weighted by Crippen LogP contribution is -2.42. The number of hydrogen-bond donors (Lipinski definition) is 0. The summed E-state index contributed by atoms with van der Waals surface area (Å²) in [6.45, 7) is 8.34. The smallest absolute Gasteiger partial charge is 0.410 e. The second kappa shape index (κ2) is 5.04. The fourth-order valence-electron chi connectivity index (χ4n) is 2.37. The third-order valence-corrected chi connectivity index (χ3v) is 3.51. The van der Waals surface area contributed by atoms with E-state index in [0.717, 1.165) is 17.0 Å². The van der Waals surface area contributed by atoms with Crippen LogP contribution in [0.1, 0.15) is 44.9 Å². The van der Waals surface area contributed by atoms with Gasteiger partial charge in [-0.25, -0.2) is 4.79 Å². The molecule has 1 unspecified atom stereocenters. The van der Waals surface area contributed by atoms with Crippen molar-refractivity contribution in [1.82, 2.24) is 4.90 Å². The largest absolute Gasteiger partial charge is 0.444 e. The Labute approximate surface area is 119 Å². The van der Waals surface area contributed by atoms with E-state index in [1.165, 1.54) is 5.56 Å². The maximum atomic E-state index is 12.2. The van der Waals surface area contributed by atoms with Gasteiger partial charge in [-0.15, -0.1) is 0 Å². The van der Waals surface area contributed by atoms with E-state index in [-0.39, 0.29) is 12.1 Å². The Kier molecular flexibility index (Phi) is 3.77. The fraction of sp³-hybridized carbons (Fsp3) is 0.533. The summed E-state index contributed by atoms with van der Waals surface area (Å²) in [6, 6.07) is 5.88. The molecule has 1 amide bonds. The molecule has 0 bridgehead atoms. The van der Waals surface area contributed by atoms with Crippen molar-refractivity contribution in [1.29, 1.82) is 0 Å². The summed E-state index contributed by atoms with van der Waals surface area (Å²) in [7, 11) is 0. The molecule has 0 aliphatic carbocycles. The number of ether oxygens (including phenoxy) is 1. The number of nitrogens with zero attached hydrogens (tertiary/aromatic N) is 1. The van der Waals surface area contributed by atoms with E-state index in [0.29, 0.717) is 6.54 Å². The van der Waals surface area contributed by atoms with E-state index in [4.69, 9.17) is 16.3 Å². The first-order valence-electron chi connectivity index (χ1n) is 6.56. The Bertz CT molecular complexity index is 493. The second-order valence-corrected chi connectivity index (χ2v) is 6.38. The molecule has 0 fully saturated rings. The molecule has 19 heavy (non-hydrogen) atoms. The maximum Gasteiger partial charge on any atom is 0.410 e. The van der Waals surface area contributed by atoms with Crippen molar-refractivity contribution < 1.29 is 9.53 Å². The standard InChI is InChI=1S/C15H20ClNO2/c1-10-13-6-5-12(16)9-11(13)7-8-17(10)14(18)19-15(2,3)4/h5-6,9-10H,7-8H2,1-4H3. The number of amides is 1. The Hall–Kier alpha value is -1.22. The van der Waals surface area contributed by atoms with Gasteiger partial charge in [0, 0.05) is 11.6 Å². The molecule has 0 saturated carbocycles. The Morgan fingerprint density at radius 2 is 2.11 bits per heavy atom. The van der Waals surface area contributed by atoms with E-state index >= 15 is 0 Å². The van der Waals surface area contributed by atoms with Gasteiger partial charge in [0.1, 0.15) is 5.60 Å². The van der Waals surface area contributed by atoms with E-state index in [1.54, 1.807) is 4.90 Å². The number of benzene rings is 1. The average molecular weight is 282 g/mol. The normalized spacial score (nSPS) is 19.0. The lowest BCUT2D eigenvalue weighted by atomic mass is 9.94. The van der Waals surface area contributed by atoms with E-state index < -0.39 is 5.60 Å². The van der Waals surface area contributed by atoms with Gasteiger partial charge in [0.2, 0.25) is 0 Å². The molecule has 0 radical (unpaired) electrons. The zero-order valence-corrected chi connectivity index (χ0v) is 12.6. The van der Waals surface area contributed by atoms with Gasteiger partial charge in [-0.3, -0.25) is 0 Å². The van der Waals surface area contributed by atoms with Crippen LogP contribution in [0.5, 0.6) is 0 Å². The van der Waals surface area contributed by atoms with Crippen molar-refractivity contribution in [2.24, 2.45) is 0 Å². The monoisotopic (exact) mass is 281 g/mol. The first-order chi connectivity index (χ1) is 8.78. The highest BCUT2D eigenvalue weighted by molar-refractivity contribution is 6.30. The zero-order chi connectivity index (χ0) is 14.2. The highest BCUT2D eigenvalue weighted by Gasteiger charge is 2.30. The van der Waals surface area contributed by atoms with Gasteiger partial charge in [0.05, 0.1) is 6.04 Å². The maximum absolute atomic E-state index is 12.2. The lowest BCUT2D eigenvalue weighted by molar-refractivity contribution is 0.0160. The van der Waals surface area contributed by atoms with Crippen LogP contribution >= 0.6 is 11.6 Å². The van der Waals surface area contributed by atoms with Crippen LogP contribution in [0.4, 0.5) is 4.79 Å². The van der Waals surface area contributed by atoms with Gasteiger partial charge in [0.25, 0.3) is 0 Å². The number of hydrogen-bond acceptors (Lipinski definition) is 2. The number of carbonyl (C=O) groups excluding carboxylic acids is 1. The highest BCUT2D eigenvalue weighted by Crippen LogP contribution is 2.32. The van der Waals surface area contributed by atoms with E-state index in [9.17, 15) is 4.79 Å². The minimum absolute atomic E-state index is 0.0240. The van der Waals surface area contributed by atoms with Crippen LogP contribution in [-0.2, 0) is 11.2 Å². The molecule has 2 rings (SSSR count). The molecule has 1 aliphatic heterocycles. The van der Waals surface area contributed by atoms with E-state index in [1.807, 2.05) is 45.9 Å². The van der Waals surface area contributed by atoms with Crippen molar-refractivity contribution in [3.8, 4) is 0 Å².